The summed E-state index contributed by atoms with van der Waals surface area (Å²) in [5.41, 5.74) is 1.39. The van der Waals surface area contributed by atoms with Crippen molar-refractivity contribution in [3.8, 4) is 11.5 Å². The van der Waals surface area contributed by atoms with E-state index in [1.165, 1.54) is 14.2 Å². The smallest absolute Gasteiger partial charge is 0.331 e. The Kier molecular flexibility index (Phi) is 5.82. The molecule has 3 rings (SSSR count). The first-order chi connectivity index (χ1) is 13.9. The SMILES string of the molecule is C=C(Nc1ccc(OC)cc1OC)[C@H]1C(=O)NC(=O)N(Cc2ccccc2)C1=O. The van der Waals surface area contributed by atoms with Crippen molar-refractivity contribution in [1.29, 1.82) is 0 Å². The first-order valence-electron chi connectivity index (χ1n) is 8.82. The van der Waals surface area contributed by atoms with E-state index in [4.69, 9.17) is 9.47 Å². The van der Waals surface area contributed by atoms with Gasteiger partial charge in [0.2, 0.25) is 11.8 Å². The van der Waals surface area contributed by atoms with Crippen LogP contribution >= 0.6 is 0 Å². The standard InChI is InChI=1S/C21H21N3O5/c1-13(22-16-10-9-15(28-2)11-17(16)29-3)18-19(25)23-21(27)24(20(18)26)12-14-7-5-4-6-8-14/h4-11,18,22H,1,12H2,2-3H3,(H,23,25,27)/t18-/m0/s1. The lowest BCUT2D eigenvalue weighted by atomic mass is 10.0. The molecule has 0 aromatic heterocycles. The molecule has 0 unspecified atom stereocenters. The van der Waals surface area contributed by atoms with Gasteiger partial charge in [-0.15, -0.1) is 0 Å². The largest absolute Gasteiger partial charge is 0.497 e. The van der Waals surface area contributed by atoms with E-state index in [9.17, 15) is 14.4 Å². The zero-order valence-electron chi connectivity index (χ0n) is 16.1. The van der Waals surface area contributed by atoms with Gasteiger partial charge >= 0.3 is 6.03 Å². The van der Waals surface area contributed by atoms with Gasteiger partial charge in [0, 0.05) is 11.8 Å². The number of carbonyl (C=O) groups excluding carboxylic acids is 3. The van der Waals surface area contributed by atoms with Crippen LogP contribution in [0.1, 0.15) is 5.56 Å². The number of nitrogens with one attached hydrogen (secondary N) is 2. The maximum absolute atomic E-state index is 12.9. The number of hydrogen-bond donors (Lipinski definition) is 2. The van der Waals surface area contributed by atoms with Crippen LogP contribution in [0.5, 0.6) is 11.5 Å². The van der Waals surface area contributed by atoms with E-state index in [0.717, 1.165) is 10.5 Å². The molecule has 8 nitrogen and oxygen atoms in total. The number of methoxy groups -OCH3 is 2. The van der Waals surface area contributed by atoms with Crippen LogP contribution in [0.2, 0.25) is 0 Å². The molecule has 1 saturated heterocycles. The van der Waals surface area contributed by atoms with Crippen LogP contribution in [-0.4, -0.2) is 37.0 Å². The zero-order valence-corrected chi connectivity index (χ0v) is 16.1. The van der Waals surface area contributed by atoms with E-state index in [1.807, 2.05) is 6.07 Å². The van der Waals surface area contributed by atoms with Gasteiger partial charge in [-0.3, -0.25) is 19.8 Å². The fourth-order valence-electron chi connectivity index (χ4n) is 2.98. The summed E-state index contributed by atoms with van der Waals surface area (Å²) in [7, 11) is 3.02. The fraction of sp³-hybridized carbons (Fsp3) is 0.190. The van der Waals surface area contributed by atoms with Crippen molar-refractivity contribution in [3.63, 3.8) is 0 Å². The molecule has 0 aliphatic carbocycles. The Morgan fingerprint density at radius 1 is 1.10 bits per heavy atom. The van der Waals surface area contributed by atoms with Gasteiger partial charge in [0.1, 0.15) is 11.5 Å². The third-order valence-electron chi connectivity index (χ3n) is 4.49. The number of carbonyl (C=O) groups is 3. The maximum Gasteiger partial charge on any atom is 0.331 e. The predicted molar refractivity (Wildman–Crippen MR) is 106 cm³/mol. The number of hydrogen-bond acceptors (Lipinski definition) is 6. The molecule has 8 heteroatoms. The molecule has 2 aromatic rings. The van der Waals surface area contributed by atoms with Gasteiger partial charge in [0.15, 0.2) is 5.92 Å². The van der Waals surface area contributed by atoms with Gasteiger partial charge in [0.25, 0.3) is 0 Å². The average Bonchev–Trinajstić information content (AvgIpc) is 2.72. The average molecular weight is 395 g/mol. The minimum atomic E-state index is -1.26. The first kappa shape index (κ1) is 19.9. The second-order valence-corrected chi connectivity index (χ2v) is 6.35. The van der Waals surface area contributed by atoms with Crippen molar-refractivity contribution in [2.45, 2.75) is 6.54 Å². The highest BCUT2D eigenvalue weighted by Gasteiger charge is 2.42. The number of rotatable bonds is 7. The van der Waals surface area contributed by atoms with Crippen LogP contribution in [0.4, 0.5) is 10.5 Å². The molecule has 1 heterocycles. The molecular weight excluding hydrogens is 374 g/mol. The normalized spacial score (nSPS) is 16.3. The van der Waals surface area contributed by atoms with Crippen LogP contribution in [-0.2, 0) is 16.1 Å². The van der Waals surface area contributed by atoms with E-state index in [1.54, 1.807) is 42.5 Å². The number of barbiturate groups is 1. The molecule has 0 bridgehead atoms. The van der Waals surface area contributed by atoms with Crippen molar-refractivity contribution in [2.24, 2.45) is 5.92 Å². The molecule has 1 aliphatic heterocycles. The zero-order chi connectivity index (χ0) is 21.0. The number of benzene rings is 2. The molecule has 4 amide bonds. The summed E-state index contributed by atoms with van der Waals surface area (Å²) in [6, 6.07) is 13.3. The van der Waals surface area contributed by atoms with Crippen molar-refractivity contribution in [1.82, 2.24) is 10.2 Å². The highest BCUT2D eigenvalue weighted by molar-refractivity contribution is 6.17. The van der Waals surface area contributed by atoms with Crippen LogP contribution in [0.25, 0.3) is 0 Å². The Balaban J connectivity index is 1.81. The van der Waals surface area contributed by atoms with Gasteiger partial charge < -0.3 is 14.8 Å². The minimum Gasteiger partial charge on any atom is -0.497 e. The third kappa shape index (κ3) is 4.21. The Hall–Kier alpha value is -3.81. The molecule has 150 valence electrons. The lowest BCUT2D eigenvalue weighted by Crippen LogP contribution is -2.58. The molecule has 1 fully saturated rings. The Morgan fingerprint density at radius 2 is 1.83 bits per heavy atom. The summed E-state index contributed by atoms with van der Waals surface area (Å²) in [5.74, 6) is -1.60. The summed E-state index contributed by atoms with van der Waals surface area (Å²) in [4.78, 5) is 38.5. The highest BCUT2D eigenvalue weighted by Crippen LogP contribution is 2.31. The summed E-state index contributed by atoms with van der Waals surface area (Å²) in [6.45, 7) is 3.89. The molecule has 0 radical (unpaired) electrons. The quantitative estimate of drug-likeness (QED) is 0.700. The van der Waals surface area contributed by atoms with E-state index in [-0.39, 0.29) is 12.2 Å². The third-order valence-corrected chi connectivity index (χ3v) is 4.49. The minimum absolute atomic E-state index is 0.0500. The van der Waals surface area contributed by atoms with Crippen molar-refractivity contribution < 1.29 is 23.9 Å². The monoisotopic (exact) mass is 395 g/mol. The lowest BCUT2D eigenvalue weighted by Gasteiger charge is -2.31. The second kappa shape index (κ2) is 8.47. The molecule has 1 aliphatic rings. The van der Waals surface area contributed by atoms with Gasteiger partial charge in [-0.2, -0.15) is 0 Å². The Labute approximate surface area is 168 Å². The maximum atomic E-state index is 12.9. The molecule has 0 saturated carbocycles. The number of anilines is 1. The molecule has 2 N–H and O–H groups in total. The summed E-state index contributed by atoms with van der Waals surface area (Å²) in [6.07, 6.45) is 0. The van der Waals surface area contributed by atoms with Gasteiger partial charge in [-0.25, -0.2) is 4.79 Å². The summed E-state index contributed by atoms with van der Waals surface area (Å²) < 4.78 is 10.5. The number of imide groups is 2. The van der Waals surface area contributed by atoms with Crippen molar-refractivity contribution >= 4 is 23.5 Å². The molecular formula is C21H21N3O5. The summed E-state index contributed by atoms with van der Waals surface area (Å²) in [5, 5.41) is 5.17. The number of amides is 4. The Morgan fingerprint density at radius 3 is 2.48 bits per heavy atom. The Bertz CT molecular complexity index is 958. The van der Waals surface area contributed by atoms with Gasteiger partial charge in [0.05, 0.1) is 26.5 Å². The highest BCUT2D eigenvalue weighted by atomic mass is 16.5. The lowest BCUT2D eigenvalue weighted by molar-refractivity contribution is -0.141. The number of ether oxygens (including phenoxy) is 2. The fourth-order valence-corrected chi connectivity index (χ4v) is 2.98. The van der Waals surface area contributed by atoms with Crippen LogP contribution in [0.15, 0.2) is 60.8 Å². The predicted octanol–water partition coefficient (Wildman–Crippen LogP) is 2.52. The number of urea groups is 1. The van der Waals surface area contributed by atoms with Crippen molar-refractivity contribution in [2.75, 3.05) is 19.5 Å². The van der Waals surface area contributed by atoms with E-state index in [2.05, 4.69) is 17.2 Å². The van der Waals surface area contributed by atoms with Crippen molar-refractivity contribution in [3.05, 3.63) is 66.4 Å². The number of nitrogens with zero attached hydrogens (tertiary/aromatic N) is 1. The first-order valence-corrected chi connectivity index (χ1v) is 8.82. The molecule has 2 aromatic carbocycles. The van der Waals surface area contributed by atoms with Crippen LogP contribution in [0.3, 0.4) is 0 Å². The van der Waals surface area contributed by atoms with Gasteiger partial charge in [-0.1, -0.05) is 36.9 Å². The topological polar surface area (TPSA) is 97.0 Å². The van der Waals surface area contributed by atoms with E-state index >= 15 is 0 Å². The van der Waals surface area contributed by atoms with Crippen LogP contribution < -0.4 is 20.1 Å². The molecule has 29 heavy (non-hydrogen) atoms. The van der Waals surface area contributed by atoms with Gasteiger partial charge in [-0.05, 0) is 17.7 Å². The second-order valence-electron chi connectivity index (χ2n) is 6.35. The molecule has 0 spiro atoms. The molecule has 1 atom stereocenters. The van der Waals surface area contributed by atoms with E-state index in [0.29, 0.717) is 17.2 Å². The van der Waals surface area contributed by atoms with Crippen LogP contribution in [0, 0.1) is 5.92 Å². The summed E-state index contributed by atoms with van der Waals surface area (Å²) >= 11 is 0. The van der Waals surface area contributed by atoms with E-state index < -0.39 is 23.8 Å².